The van der Waals surface area contributed by atoms with Crippen LogP contribution in [0.2, 0.25) is 0 Å². The Kier molecular flexibility index (Phi) is 2.01. The Bertz CT molecular complexity index is 140. The summed E-state index contributed by atoms with van der Waals surface area (Å²) in [7, 11) is 0. The molecule has 2 nitrogen and oxygen atoms in total. The summed E-state index contributed by atoms with van der Waals surface area (Å²) in [6.45, 7) is 0.670. The molecule has 0 spiro atoms. The minimum absolute atomic E-state index is 0.236. The highest BCUT2D eigenvalue weighted by Crippen LogP contribution is 2.12. The predicted octanol–water partition coefficient (Wildman–Crippen LogP) is 0.480. The Balaban J connectivity index is 2.48. The highest BCUT2D eigenvalue weighted by Gasteiger charge is 2.09. The smallest absolute Gasteiger partial charge is 0.155 e. The van der Waals surface area contributed by atoms with Crippen molar-refractivity contribution in [3.8, 4) is 0 Å². The van der Waals surface area contributed by atoms with Gasteiger partial charge in [-0.05, 0) is 25.0 Å². The number of ketones is 1. The van der Waals surface area contributed by atoms with Crippen molar-refractivity contribution in [2.45, 2.75) is 12.8 Å². The van der Waals surface area contributed by atoms with E-state index < -0.39 is 0 Å². The van der Waals surface area contributed by atoms with E-state index in [2.05, 4.69) is 0 Å². The molecule has 1 rings (SSSR count). The summed E-state index contributed by atoms with van der Waals surface area (Å²) in [5.41, 5.74) is 5.39. The lowest BCUT2D eigenvalue weighted by Gasteiger charge is -2.11. The van der Waals surface area contributed by atoms with Crippen LogP contribution in [-0.2, 0) is 4.79 Å². The summed E-state index contributed by atoms with van der Waals surface area (Å²) in [4.78, 5) is 10.6. The van der Waals surface area contributed by atoms with Gasteiger partial charge in [0.15, 0.2) is 5.78 Å². The van der Waals surface area contributed by atoms with E-state index in [-0.39, 0.29) is 5.78 Å². The van der Waals surface area contributed by atoms with E-state index in [9.17, 15) is 4.79 Å². The lowest BCUT2D eigenvalue weighted by molar-refractivity contribution is -0.115. The second kappa shape index (κ2) is 2.78. The molecule has 0 aromatic carbocycles. The molecule has 0 bridgehead atoms. The Labute approximate surface area is 54.7 Å². The molecular weight excluding hydrogens is 114 g/mol. The van der Waals surface area contributed by atoms with Gasteiger partial charge in [-0.25, -0.2) is 0 Å². The molecular formula is C7H11NO. The predicted molar refractivity (Wildman–Crippen MR) is 35.9 cm³/mol. The zero-order chi connectivity index (χ0) is 6.69. The van der Waals surface area contributed by atoms with Gasteiger partial charge in [0.1, 0.15) is 0 Å². The molecule has 0 saturated heterocycles. The van der Waals surface area contributed by atoms with E-state index in [1.807, 2.05) is 6.08 Å². The van der Waals surface area contributed by atoms with Crippen molar-refractivity contribution < 1.29 is 4.79 Å². The fourth-order valence-corrected chi connectivity index (χ4v) is 0.947. The van der Waals surface area contributed by atoms with Crippen LogP contribution in [0, 0.1) is 5.92 Å². The number of hydrogen-bond acceptors (Lipinski definition) is 2. The molecule has 50 valence electrons. The fourth-order valence-electron chi connectivity index (χ4n) is 0.947. The summed E-state index contributed by atoms with van der Waals surface area (Å²) >= 11 is 0. The highest BCUT2D eigenvalue weighted by atomic mass is 16.1. The van der Waals surface area contributed by atoms with Crippen molar-refractivity contribution in [2.24, 2.45) is 11.7 Å². The third-order valence-electron chi connectivity index (χ3n) is 1.62. The Morgan fingerprint density at radius 2 is 2.56 bits per heavy atom. The van der Waals surface area contributed by atoms with Gasteiger partial charge in [0, 0.05) is 6.42 Å². The minimum atomic E-state index is 0.236. The molecule has 0 amide bonds. The van der Waals surface area contributed by atoms with Crippen LogP contribution >= 0.6 is 0 Å². The Hall–Kier alpha value is -0.630. The van der Waals surface area contributed by atoms with Gasteiger partial charge in [-0.15, -0.1) is 0 Å². The molecule has 1 atom stereocenters. The molecule has 0 heterocycles. The molecule has 1 aliphatic carbocycles. The molecule has 0 aromatic rings. The number of carbonyl (C=O) groups excluding carboxylic acids is 1. The summed E-state index contributed by atoms with van der Waals surface area (Å²) in [5.74, 6) is 0.683. The standard InChI is InChI=1S/C7H11NO/c8-5-6-1-3-7(9)4-2-6/h1,3,6H,2,4-5,8H2. The average molecular weight is 125 g/mol. The van der Waals surface area contributed by atoms with Crippen LogP contribution in [0.4, 0.5) is 0 Å². The lowest BCUT2D eigenvalue weighted by atomic mass is 9.96. The first-order chi connectivity index (χ1) is 4.33. The van der Waals surface area contributed by atoms with Crippen LogP contribution in [0.5, 0.6) is 0 Å². The minimum Gasteiger partial charge on any atom is -0.330 e. The zero-order valence-electron chi connectivity index (χ0n) is 5.34. The van der Waals surface area contributed by atoms with E-state index in [0.29, 0.717) is 18.9 Å². The normalized spacial score (nSPS) is 26.8. The van der Waals surface area contributed by atoms with Crippen molar-refractivity contribution in [3.05, 3.63) is 12.2 Å². The average Bonchev–Trinajstić information content (AvgIpc) is 1.90. The van der Waals surface area contributed by atoms with E-state index in [1.165, 1.54) is 0 Å². The number of rotatable bonds is 1. The van der Waals surface area contributed by atoms with Crippen molar-refractivity contribution >= 4 is 5.78 Å². The molecule has 0 saturated carbocycles. The topological polar surface area (TPSA) is 43.1 Å². The van der Waals surface area contributed by atoms with E-state index in [4.69, 9.17) is 5.73 Å². The molecule has 0 radical (unpaired) electrons. The number of carbonyl (C=O) groups is 1. The largest absolute Gasteiger partial charge is 0.330 e. The van der Waals surface area contributed by atoms with Crippen molar-refractivity contribution in [2.75, 3.05) is 6.54 Å². The maximum absolute atomic E-state index is 10.6. The Morgan fingerprint density at radius 3 is 3.00 bits per heavy atom. The highest BCUT2D eigenvalue weighted by molar-refractivity contribution is 5.90. The van der Waals surface area contributed by atoms with Gasteiger partial charge >= 0.3 is 0 Å². The second-order valence-corrected chi connectivity index (χ2v) is 2.36. The van der Waals surface area contributed by atoms with Crippen LogP contribution < -0.4 is 5.73 Å². The van der Waals surface area contributed by atoms with Crippen molar-refractivity contribution in [3.63, 3.8) is 0 Å². The monoisotopic (exact) mass is 125 g/mol. The van der Waals surface area contributed by atoms with Gasteiger partial charge in [0.25, 0.3) is 0 Å². The van der Waals surface area contributed by atoms with Gasteiger partial charge < -0.3 is 5.73 Å². The summed E-state index contributed by atoms with van der Waals surface area (Å²) in [6, 6.07) is 0. The summed E-state index contributed by atoms with van der Waals surface area (Å²) in [6.07, 6.45) is 5.16. The van der Waals surface area contributed by atoms with Crippen LogP contribution in [0.3, 0.4) is 0 Å². The molecule has 0 aliphatic heterocycles. The first-order valence-corrected chi connectivity index (χ1v) is 3.24. The number of nitrogens with two attached hydrogens (primary N) is 1. The molecule has 0 aromatic heterocycles. The third kappa shape index (κ3) is 1.64. The molecule has 2 heteroatoms. The summed E-state index contributed by atoms with van der Waals surface area (Å²) < 4.78 is 0. The zero-order valence-corrected chi connectivity index (χ0v) is 5.34. The van der Waals surface area contributed by atoms with E-state index >= 15 is 0 Å². The van der Waals surface area contributed by atoms with Crippen LogP contribution in [0.1, 0.15) is 12.8 Å². The number of hydrogen-bond donors (Lipinski definition) is 1. The SMILES string of the molecule is NCC1C=CC(=O)CC1. The number of allylic oxidation sites excluding steroid dienone is 1. The molecule has 9 heavy (non-hydrogen) atoms. The van der Waals surface area contributed by atoms with Crippen LogP contribution in [-0.4, -0.2) is 12.3 Å². The van der Waals surface area contributed by atoms with Gasteiger partial charge in [-0.2, -0.15) is 0 Å². The fraction of sp³-hybridized carbons (Fsp3) is 0.571. The first-order valence-electron chi connectivity index (χ1n) is 3.24. The molecule has 1 aliphatic rings. The quantitative estimate of drug-likeness (QED) is 0.554. The van der Waals surface area contributed by atoms with Crippen LogP contribution in [0.15, 0.2) is 12.2 Å². The maximum atomic E-state index is 10.6. The van der Waals surface area contributed by atoms with Gasteiger partial charge in [0.2, 0.25) is 0 Å². The second-order valence-electron chi connectivity index (χ2n) is 2.36. The first kappa shape index (κ1) is 6.49. The van der Waals surface area contributed by atoms with E-state index in [0.717, 1.165) is 6.42 Å². The lowest BCUT2D eigenvalue weighted by Crippen LogP contribution is -2.16. The van der Waals surface area contributed by atoms with Crippen molar-refractivity contribution in [1.29, 1.82) is 0 Å². The molecule has 0 fully saturated rings. The maximum Gasteiger partial charge on any atom is 0.155 e. The molecule has 2 N–H and O–H groups in total. The van der Waals surface area contributed by atoms with Crippen LogP contribution in [0.25, 0.3) is 0 Å². The van der Waals surface area contributed by atoms with Gasteiger partial charge in [-0.1, -0.05) is 6.08 Å². The van der Waals surface area contributed by atoms with E-state index in [1.54, 1.807) is 6.08 Å². The van der Waals surface area contributed by atoms with Gasteiger partial charge in [-0.3, -0.25) is 4.79 Å². The molecule has 1 unspecified atom stereocenters. The van der Waals surface area contributed by atoms with Gasteiger partial charge in [0.05, 0.1) is 0 Å². The third-order valence-corrected chi connectivity index (χ3v) is 1.62. The van der Waals surface area contributed by atoms with Crippen molar-refractivity contribution in [1.82, 2.24) is 0 Å². The Morgan fingerprint density at radius 1 is 1.78 bits per heavy atom. The summed E-state index contributed by atoms with van der Waals surface area (Å²) in [5, 5.41) is 0.